The highest BCUT2D eigenvalue weighted by Crippen LogP contribution is 2.28. The van der Waals surface area contributed by atoms with Crippen molar-refractivity contribution >= 4 is 48.7 Å². The lowest BCUT2D eigenvalue weighted by molar-refractivity contribution is 0.376. The molecule has 0 unspecified atom stereocenters. The van der Waals surface area contributed by atoms with Crippen molar-refractivity contribution in [3.8, 4) is 6.07 Å². The van der Waals surface area contributed by atoms with Crippen LogP contribution >= 0.6 is 22.7 Å². The molecule has 4 aromatic rings. The summed E-state index contributed by atoms with van der Waals surface area (Å²) in [6.45, 7) is 1.78. The maximum absolute atomic E-state index is 12.6. The lowest BCUT2D eigenvalue weighted by atomic mass is 10.2. The Morgan fingerprint density at radius 2 is 2.15 bits per heavy atom. The number of nitriles is 1. The van der Waals surface area contributed by atoms with Crippen LogP contribution < -0.4 is 5.56 Å². The number of thiazole rings is 1. The van der Waals surface area contributed by atoms with Gasteiger partial charge in [-0.05, 0) is 25.1 Å². The Balaban J connectivity index is 1.77. The first-order chi connectivity index (χ1) is 12.6. The lowest BCUT2D eigenvalue weighted by Crippen LogP contribution is -2.21. The number of aliphatic hydroxyl groups excluding tert-OH is 1. The summed E-state index contributed by atoms with van der Waals surface area (Å²) in [5.41, 5.74) is 0.592. The highest BCUT2D eigenvalue weighted by molar-refractivity contribution is 7.19. The van der Waals surface area contributed by atoms with Gasteiger partial charge in [-0.2, -0.15) is 5.26 Å². The predicted molar refractivity (Wildman–Crippen MR) is 103 cm³/mol. The molecule has 0 atom stereocenters. The van der Waals surface area contributed by atoms with Gasteiger partial charge < -0.3 is 5.11 Å². The van der Waals surface area contributed by atoms with Gasteiger partial charge in [-0.3, -0.25) is 9.36 Å². The minimum atomic E-state index is -0.243. The smallest absolute Gasteiger partial charge is 0.262 e. The number of hydrogen-bond acceptors (Lipinski definition) is 7. The highest BCUT2D eigenvalue weighted by atomic mass is 32.1. The molecule has 0 bridgehead atoms. The van der Waals surface area contributed by atoms with Gasteiger partial charge in [0, 0.05) is 4.88 Å². The van der Waals surface area contributed by atoms with E-state index in [9.17, 15) is 15.2 Å². The normalized spacial score (nSPS) is 12.3. The van der Waals surface area contributed by atoms with Crippen molar-refractivity contribution in [3.05, 3.63) is 62.7 Å². The molecule has 0 fully saturated rings. The Hall–Kier alpha value is -3.02. The van der Waals surface area contributed by atoms with E-state index in [0.717, 1.165) is 15.1 Å². The Labute approximate surface area is 155 Å². The molecule has 3 aromatic heterocycles. The van der Waals surface area contributed by atoms with Crippen LogP contribution in [0.1, 0.15) is 9.88 Å². The number of para-hydroxylation sites is 1. The van der Waals surface area contributed by atoms with E-state index in [0.29, 0.717) is 15.2 Å². The van der Waals surface area contributed by atoms with Crippen molar-refractivity contribution in [1.82, 2.24) is 14.5 Å². The number of allylic oxidation sites excluding steroid dienone is 2. The SMILES string of the molecule is Cc1cc2c(=O)n(C/C(O)=C(\C#N)c3nc4ccccc4s3)cnc2s1. The molecule has 6 nitrogen and oxygen atoms in total. The summed E-state index contributed by atoms with van der Waals surface area (Å²) < 4.78 is 2.23. The molecule has 0 saturated heterocycles. The van der Waals surface area contributed by atoms with Gasteiger partial charge in [-0.1, -0.05) is 12.1 Å². The number of thiophene rings is 1. The van der Waals surface area contributed by atoms with E-state index in [2.05, 4.69) is 9.97 Å². The van der Waals surface area contributed by atoms with Gasteiger partial charge in [0.15, 0.2) is 0 Å². The van der Waals surface area contributed by atoms with Crippen LogP contribution in [-0.4, -0.2) is 19.6 Å². The molecule has 0 saturated carbocycles. The predicted octanol–water partition coefficient (Wildman–Crippen LogP) is 3.87. The van der Waals surface area contributed by atoms with Crippen molar-refractivity contribution in [1.29, 1.82) is 5.26 Å². The summed E-state index contributed by atoms with van der Waals surface area (Å²) in [6.07, 6.45) is 1.39. The lowest BCUT2D eigenvalue weighted by Gasteiger charge is -2.05. The third-order valence-corrected chi connectivity index (χ3v) is 5.88. The fourth-order valence-electron chi connectivity index (χ4n) is 2.65. The molecular weight excluding hydrogens is 368 g/mol. The number of aryl methyl sites for hydroxylation is 1. The second-order valence-electron chi connectivity index (χ2n) is 5.67. The molecule has 4 rings (SSSR count). The first-order valence-electron chi connectivity index (χ1n) is 7.70. The molecule has 128 valence electrons. The van der Waals surface area contributed by atoms with E-state index in [4.69, 9.17) is 0 Å². The van der Waals surface area contributed by atoms with Gasteiger partial charge >= 0.3 is 0 Å². The molecule has 1 aromatic carbocycles. The number of rotatable bonds is 3. The Kier molecular flexibility index (Phi) is 4.03. The molecule has 0 aliphatic rings. The monoisotopic (exact) mass is 380 g/mol. The van der Waals surface area contributed by atoms with Crippen molar-refractivity contribution in [2.75, 3.05) is 0 Å². The molecule has 8 heteroatoms. The van der Waals surface area contributed by atoms with Gasteiger partial charge in [0.25, 0.3) is 5.56 Å². The summed E-state index contributed by atoms with van der Waals surface area (Å²) in [7, 11) is 0. The zero-order valence-corrected chi connectivity index (χ0v) is 15.3. The van der Waals surface area contributed by atoms with Crippen molar-refractivity contribution in [2.45, 2.75) is 13.5 Å². The van der Waals surface area contributed by atoms with Crippen LogP contribution in [0.15, 0.2) is 47.2 Å². The molecular formula is C18H12N4O2S2. The summed E-state index contributed by atoms with van der Waals surface area (Å²) in [5.74, 6) is -0.207. The van der Waals surface area contributed by atoms with Crippen LogP contribution in [-0.2, 0) is 6.54 Å². The number of fused-ring (bicyclic) bond motifs is 2. The molecule has 1 N–H and O–H groups in total. The van der Waals surface area contributed by atoms with E-state index in [1.807, 2.05) is 37.3 Å². The van der Waals surface area contributed by atoms with Crippen LogP contribution in [0, 0.1) is 18.3 Å². The van der Waals surface area contributed by atoms with E-state index < -0.39 is 0 Å². The highest BCUT2D eigenvalue weighted by Gasteiger charge is 2.15. The Morgan fingerprint density at radius 3 is 2.92 bits per heavy atom. The number of hydrogen-bond donors (Lipinski definition) is 1. The first kappa shape index (κ1) is 16.4. The zero-order chi connectivity index (χ0) is 18.3. The molecule has 0 aliphatic heterocycles. The first-order valence-corrected chi connectivity index (χ1v) is 9.34. The van der Waals surface area contributed by atoms with Crippen LogP contribution in [0.25, 0.3) is 26.0 Å². The van der Waals surface area contributed by atoms with Gasteiger partial charge in [-0.15, -0.1) is 22.7 Å². The van der Waals surface area contributed by atoms with Crippen molar-refractivity contribution < 1.29 is 5.11 Å². The van der Waals surface area contributed by atoms with Crippen LogP contribution in [0.5, 0.6) is 0 Å². The molecule has 0 amide bonds. The second-order valence-corrected chi connectivity index (χ2v) is 7.94. The summed E-state index contributed by atoms with van der Waals surface area (Å²) >= 11 is 2.77. The Morgan fingerprint density at radius 1 is 1.35 bits per heavy atom. The van der Waals surface area contributed by atoms with Crippen molar-refractivity contribution in [2.24, 2.45) is 0 Å². The van der Waals surface area contributed by atoms with Gasteiger partial charge in [0.2, 0.25) is 0 Å². The van der Waals surface area contributed by atoms with Gasteiger partial charge in [0.1, 0.15) is 27.2 Å². The quantitative estimate of drug-likeness (QED) is 0.430. The van der Waals surface area contributed by atoms with Crippen molar-refractivity contribution in [3.63, 3.8) is 0 Å². The molecule has 0 spiro atoms. The van der Waals surface area contributed by atoms with Crippen LogP contribution in [0.4, 0.5) is 0 Å². The van der Waals surface area contributed by atoms with E-state index in [1.54, 1.807) is 6.07 Å². The Bertz CT molecular complexity index is 1240. The minimum absolute atomic E-state index is 0.0692. The molecule has 3 heterocycles. The fraction of sp³-hybridized carbons (Fsp3) is 0.111. The average Bonchev–Trinajstić information content (AvgIpc) is 3.21. The summed E-state index contributed by atoms with van der Waals surface area (Å²) in [4.78, 5) is 22.9. The molecule has 0 radical (unpaired) electrons. The average molecular weight is 380 g/mol. The van der Waals surface area contributed by atoms with Gasteiger partial charge in [-0.25, -0.2) is 9.97 Å². The molecule has 26 heavy (non-hydrogen) atoms. The largest absolute Gasteiger partial charge is 0.509 e. The number of nitrogens with zero attached hydrogens (tertiary/aromatic N) is 4. The summed E-state index contributed by atoms with van der Waals surface area (Å²) in [6, 6.07) is 11.3. The maximum atomic E-state index is 12.6. The fourth-order valence-corrected chi connectivity index (χ4v) is 4.47. The second kappa shape index (κ2) is 6.37. The summed E-state index contributed by atoms with van der Waals surface area (Å²) in [5, 5.41) is 20.9. The standard InChI is InChI=1S/C18H12N4O2S2/c1-10-6-11-16(25-10)20-9-22(18(11)24)8-14(23)12(7-19)17-21-13-4-2-3-5-15(13)26-17/h2-6,9,23H,8H2,1H3/b14-12-. The third kappa shape index (κ3) is 2.77. The number of aliphatic hydroxyl groups is 1. The van der Waals surface area contributed by atoms with Gasteiger partial charge in [0.05, 0.1) is 28.5 Å². The maximum Gasteiger partial charge on any atom is 0.262 e. The zero-order valence-electron chi connectivity index (χ0n) is 13.6. The number of aromatic nitrogens is 3. The third-order valence-electron chi connectivity index (χ3n) is 3.87. The van der Waals surface area contributed by atoms with E-state index >= 15 is 0 Å². The topological polar surface area (TPSA) is 91.8 Å². The van der Waals surface area contributed by atoms with E-state index in [1.165, 1.54) is 33.6 Å². The number of benzene rings is 1. The van der Waals surface area contributed by atoms with E-state index in [-0.39, 0.29) is 23.4 Å². The van der Waals surface area contributed by atoms with Crippen LogP contribution in [0.3, 0.4) is 0 Å². The molecule has 0 aliphatic carbocycles. The minimum Gasteiger partial charge on any atom is -0.509 e. The van der Waals surface area contributed by atoms with Crippen LogP contribution in [0.2, 0.25) is 0 Å².